The lowest BCUT2D eigenvalue weighted by Gasteiger charge is -2.40. The lowest BCUT2D eigenvalue weighted by molar-refractivity contribution is 0.0591. The third-order valence-electron chi connectivity index (χ3n) is 7.06. The van der Waals surface area contributed by atoms with Crippen molar-refractivity contribution < 1.29 is 9.53 Å². The second kappa shape index (κ2) is 10.4. The van der Waals surface area contributed by atoms with Crippen molar-refractivity contribution in [2.75, 3.05) is 33.3 Å². The Balaban J connectivity index is 1.39. The lowest BCUT2D eigenvalue weighted by atomic mass is 9.93. The Bertz CT molecular complexity index is 1310. The number of carbonyl (C=O) groups is 1. The SMILES string of the molecule is COCc1c(C(=O)N2CCN(C(c3ccccc3)c3ccccc3)CC2)cnc2cc(C(C)(C)C)nn12. The van der Waals surface area contributed by atoms with E-state index in [1.54, 1.807) is 17.8 Å². The minimum Gasteiger partial charge on any atom is -0.378 e. The van der Waals surface area contributed by atoms with E-state index in [0.29, 0.717) is 18.7 Å². The molecular formula is C30H35N5O2. The maximum Gasteiger partial charge on any atom is 0.257 e. The van der Waals surface area contributed by atoms with Crippen LogP contribution in [0.4, 0.5) is 0 Å². The molecule has 192 valence electrons. The molecule has 0 spiro atoms. The Kier molecular flexibility index (Phi) is 7.09. The van der Waals surface area contributed by atoms with Gasteiger partial charge in [-0.25, -0.2) is 9.50 Å². The van der Waals surface area contributed by atoms with E-state index in [0.717, 1.165) is 30.1 Å². The average molecular weight is 498 g/mol. The van der Waals surface area contributed by atoms with Gasteiger partial charge in [-0.3, -0.25) is 9.69 Å². The van der Waals surface area contributed by atoms with E-state index < -0.39 is 0 Å². The van der Waals surface area contributed by atoms with E-state index in [1.807, 2.05) is 11.0 Å². The molecule has 1 amide bonds. The number of rotatable bonds is 6. The smallest absolute Gasteiger partial charge is 0.257 e. The minimum atomic E-state index is -0.118. The van der Waals surface area contributed by atoms with Crippen LogP contribution >= 0.6 is 0 Å². The van der Waals surface area contributed by atoms with Gasteiger partial charge >= 0.3 is 0 Å². The number of ether oxygens (including phenoxy) is 1. The van der Waals surface area contributed by atoms with Crippen LogP contribution in [0.2, 0.25) is 0 Å². The summed E-state index contributed by atoms with van der Waals surface area (Å²) in [5, 5.41) is 4.79. The van der Waals surface area contributed by atoms with E-state index in [2.05, 4.69) is 91.3 Å². The topological polar surface area (TPSA) is 63.0 Å². The standard InChI is InChI=1S/C30H35N5O2/c1-30(2,3)26-19-27-31-20-24(25(21-37-4)35(27)32-26)29(36)34-17-15-33(16-18-34)28(22-11-7-5-8-12-22)23-13-9-6-10-14-23/h5-14,19-20,28H,15-18,21H2,1-4H3. The fourth-order valence-electron chi connectivity index (χ4n) is 5.04. The van der Waals surface area contributed by atoms with Crippen molar-refractivity contribution in [2.24, 2.45) is 0 Å². The van der Waals surface area contributed by atoms with E-state index in [9.17, 15) is 4.79 Å². The quantitative estimate of drug-likeness (QED) is 0.386. The Hall–Kier alpha value is -3.55. The fraction of sp³-hybridized carbons (Fsp3) is 0.367. The van der Waals surface area contributed by atoms with Crippen LogP contribution in [0.1, 0.15) is 59.7 Å². The van der Waals surface area contributed by atoms with Gasteiger partial charge in [-0.15, -0.1) is 0 Å². The van der Waals surface area contributed by atoms with Crippen LogP contribution in [0.5, 0.6) is 0 Å². The van der Waals surface area contributed by atoms with Crippen molar-refractivity contribution in [2.45, 2.75) is 38.8 Å². The first-order valence-corrected chi connectivity index (χ1v) is 12.9. The van der Waals surface area contributed by atoms with Crippen LogP contribution in [0.25, 0.3) is 5.65 Å². The van der Waals surface area contributed by atoms with Gasteiger partial charge in [-0.05, 0) is 11.1 Å². The van der Waals surface area contributed by atoms with Gasteiger partial charge in [0.1, 0.15) is 0 Å². The number of nitrogens with zero attached hydrogens (tertiary/aromatic N) is 5. The molecule has 37 heavy (non-hydrogen) atoms. The Morgan fingerprint density at radius 1 is 0.946 bits per heavy atom. The maximum absolute atomic E-state index is 13.7. The van der Waals surface area contributed by atoms with Crippen LogP contribution in [-0.4, -0.2) is 63.6 Å². The number of amides is 1. The second-order valence-electron chi connectivity index (χ2n) is 10.7. The summed E-state index contributed by atoms with van der Waals surface area (Å²) in [6.07, 6.45) is 1.68. The first-order chi connectivity index (χ1) is 17.9. The zero-order valence-electron chi connectivity index (χ0n) is 22.1. The molecule has 7 heteroatoms. The number of methoxy groups -OCH3 is 1. The highest BCUT2D eigenvalue weighted by molar-refractivity contribution is 5.95. The molecule has 7 nitrogen and oxygen atoms in total. The zero-order valence-corrected chi connectivity index (χ0v) is 22.1. The van der Waals surface area contributed by atoms with Crippen LogP contribution in [0.15, 0.2) is 72.9 Å². The molecule has 2 aromatic heterocycles. The molecule has 3 heterocycles. The molecule has 0 bridgehead atoms. The van der Waals surface area contributed by atoms with Crippen molar-refractivity contribution >= 4 is 11.6 Å². The molecule has 0 unspecified atom stereocenters. The van der Waals surface area contributed by atoms with Crippen molar-refractivity contribution in [3.05, 3.63) is 101 Å². The maximum atomic E-state index is 13.7. The summed E-state index contributed by atoms with van der Waals surface area (Å²) in [7, 11) is 1.64. The molecule has 0 aliphatic carbocycles. The van der Waals surface area contributed by atoms with Crippen molar-refractivity contribution in [1.82, 2.24) is 24.4 Å². The molecule has 1 aliphatic rings. The minimum absolute atomic E-state index is 0.0233. The van der Waals surface area contributed by atoms with Gasteiger partial charge in [-0.1, -0.05) is 81.4 Å². The number of hydrogen-bond donors (Lipinski definition) is 0. The van der Waals surface area contributed by atoms with Gasteiger partial charge in [-0.2, -0.15) is 5.10 Å². The van der Waals surface area contributed by atoms with Crippen LogP contribution < -0.4 is 0 Å². The summed E-state index contributed by atoms with van der Waals surface area (Å²) in [5.41, 5.74) is 5.36. The van der Waals surface area contributed by atoms with Gasteiger partial charge in [0.2, 0.25) is 0 Å². The molecule has 0 atom stereocenters. The Labute approximate surface area is 218 Å². The first kappa shape index (κ1) is 25.1. The van der Waals surface area contributed by atoms with E-state index in [4.69, 9.17) is 9.84 Å². The van der Waals surface area contributed by atoms with E-state index >= 15 is 0 Å². The summed E-state index contributed by atoms with van der Waals surface area (Å²) in [6.45, 7) is 9.50. The summed E-state index contributed by atoms with van der Waals surface area (Å²) in [4.78, 5) is 22.7. The Morgan fingerprint density at radius 3 is 2.08 bits per heavy atom. The second-order valence-corrected chi connectivity index (χ2v) is 10.7. The van der Waals surface area contributed by atoms with Gasteiger partial charge in [0.15, 0.2) is 5.65 Å². The molecule has 2 aromatic carbocycles. The third-order valence-corrected chi connectivity index (χ3v) is 7.06. The molecule has 1 aliphatic heterocycles. The van der Waals surface area contributed by atoms with Gasteiger partial charge < -0.3 is 9.64 Å². The molecule has 0 saturated carbocycles. The largest absolute Gasteiger partial charge is 0.378 e. The summed E-state index contributed by atoms with van der Waals surface area (Å²) < 4.78 is 7.26. The highest BCUT2D eigenvalue weighted by atomic mass is 16.5. The van der Waals surface area contributed by atoms with Gasteiger partial charge in [0.05, 0.1) is 29.6 Å². The average Bonchev–Trinajstić information content (AvgIpc) is 3.36. The van der Waals surface area contributed by atoms with Gasteiger partial charge in [0.25, 0.3) is 5.91 Å². The molecule has 5 rings (SSSR count). The molecule has 0 N–H and O–H groups in total. The third kappa shape index (κ3) is 5.15. The van der Waals surface area contributed by atoms with E-state index in [1.165, 1.54) is 11.1 Å². The fourth-order valence-corrected chi connectivity index (χ4v) is 5.04. The number of piperazine rings is 1. The number of carbonyl (C=O) groups excluding carboxylic acids is 1. The number of aromatic nitrogens is 3. The predicted molar refractivity (Wildman–Crippen MR) is 145 cm³/mol. The molecule has 1 fully saturated rings. The summed E-state index contributed by atoms with van der Waals surface area (Å²) in [5.74, 6) is -0.0233. The van der Waals surface area contributed by atoms with Crippen molar-refractivity contribution in [3.63, 3.8) is 0 Å². The first-order valence-electron chi connectivity index (χ1n) is 12.9. The molecule has 0 radical (unpaired) electrons. The van der Waals surface area contributed by atoms with Gasteiger partial charge in [0, 0.05) is 51.0 Å². The Morgan fingerprint density at radius 2 is 1.54 bits per heavy atom. The van der Waals surface area contributed by atoms with Crippen molar-refractivity contribution in [1.29, 1.82) is 0 Å². The van der Waals surface area contributed by atoms with Crippen LogP contribution in [-0.2, 0) is 16.8 Å². The molecular weight excluding hydrogens is 462 g/mol. The van der Waals surface area contributed by atoms with E-state index in [-0.39, 0.29) is 24.0 Å². The normalized spacial score (nSPS) is 15.0. The number of benzene rings is 2. The van der Waals surface area contributed by atoms with Crippen molar-refractivity contribution in [3.8, 4) is 0 Å². The zero-order chi connectivity index (χ0) is 26.0. The highest BCUT2D eigenvalue weighted by Crippen LogP contribution is 2.30. The van der Waals surface area contributed by atoms with Crippen LogP contribution in [0, 0.1) is 0 Å². The predicted octanol–water partition coefficient (Wildman–Crippen LogP) is 4.72. The number of hydrogen-bond acceptors (Lipinski definition) is 5. The molecule has 1 saturated heterocycles. The number of fused-ring (bicyclic) bond motifs is 1. The highest BCUT2D eigenvalue weighted by Gasteiger charge is 2.30. The molecule has 4 aromatic rings. The summed E-state index contributed by atoms with van der Waals surface area (Å²) in [6, 6.07) is 23.3. The lowest BCUT2D eigenvalue weighted by Crippen LogP contribution is -2.50. The monoisotopic (exact) mass is 497 g/mol. The van der Waals surface area contributed by atoms with Crippen LogP contribution in [0.3, 0.4) is 0 Å². The summed E-state index contributed by atoms with van der Waals surface area (Å²) >= 11 is 0.